The van der Waals surface area contributed by atoms with E-state index in [0.717, 1.165) is 11.3 Å². The quantitative estimate of drug-likeness (QED) is 0.557. The maximum Gasteiger partial charge on any atom is 0.265 e. The molecule has 2 aromatic heterocycles. The summed E-state index contributed by atoms with van der Waals surface area (Å²) < 4.78 is 5.47. The van der Waals surface area contributed by atoms with Crippen LogP contribution in [-0.2, 0) is 17.6 Å². The molecule has 0 aliphatic carbocycles. The van der Waals surface area contributed by atoms with E-state index in [1.54, 1.807) is 6.07 Å². The number of nitrogens with one attached hydrogen (secondary N) is 1. The third-order valence-electron chi connectivity index (χ3n) is 3.46. The van der Waals surface area contributed by atoms with E-state index in [9.17, 15) is 9.59 Å². The number of aromatic amines is 1. The molecule has 1 aromatic carbocycles. The monoisotopic (exact) mass is 309 g/mol. The Bertz CT molecular complexity index is 817. The fraction of sp³-hybridized carbons (Fsp3) is 0.176. The van der Waals surface area contributed by atoms with Gasteiger partial charge in [-0.2, -0.15) is 5.10 Å². The van der Waals surface area contributed by atoms with Crippen molar-refractivity contribution in [3.63, 3.8) is 0 Å². The van der Waals surface area contributed by atoms with Gasteiger partial charge in [0, 0.05) is 12.8 Å². The highest BCUT2D eigenvalue weighted by Crippen LogP contribution is 2.15. The van der Waals surface area contributed by atoms with Gasteiger partial charge in [0.25, 0.3) is 5.78 Å². The first-order valence-electron chi connectivity index (χ1n) is 7.16. The third kappa shape index (κ3) is 3.60. The summed E-state index contributed by atoms with van der Waals surface area (Å²) in [5.41, 5.74) is 3.00. The first-order valence-corrected chi connectivity index (χ1v) is 7.16. The molecule has 0 amide bonds. The number of carbonyl (C=O) groups is 2. The van der Waals surface area contributed by atoms with Crippen LogP contribution in [-0.4, -0.2) is 26.7 Å². The molecule has 0 bridgehead atoms. The van der Waals surface area contributed by atoms with Crippen molar-refractivity contribution in [2.75, 3.05) is 0 Å². The summed E-state index contributed by atoms with van der Waals surface area (Å²) in [6.07, 6.45) is 3.33. The lowest BCUT2D eigenvalue weighted by Gasteiger charge is -1.98. The van der Waals surface area contributed by atoms with Gasteiger partial charge < -0.3 is 4.42 Å². The summed E-state index contributed by atoms with van der Waals surface area (Å²) in [5.74, 6) is -0.518. The van der Waals surface area contributed by atoms with Crippen molar-refractivity contribution in [1.29, 1.82) is 0 Å². The zero-order valence-corrected chi connectivity index (χ0v) is 12.6. The molecule has 0 atom stereocenters. The summed E-state index contributed by atoms with van der Waals surface area (Å²) in [4.78, 5) is 27.4. The second kappa shape index (κ2) is 6.39. The highest BCUT2D eigenvalue weighted by molar-refractivity contribution is 6.43. The first kappa shape index (κ1) is 14.9. The van der Waals surface area contributed by atoms with Crippen molar-refractivity contribution >= 4 is 11.6 Å². The molecule has 116 valence electrons. The molecule has 0 saturated heterocycles. The number of carbonyl (C=O) groups excluding carboxylic acids is 2. The molecule has 3 rings (SSSR count). The van der Waals surface area contributed by atoms with E-state index in [-0.39, 0.29) is 12.2 Å². The Hall–Kier alpha value is -3.02. The van der Waals surface area contributed by atoms with Crippen molar-refractivity contribution < 1.29 is 14.0 Å². The van der Waals surface area contributed by atoms with Gasteiger partial charge in [-0.3, -0.25) is 14.7 Å². The Labute approximate surface area is 132 Å². The Morgan fingerprint density at radius 3 is 2.65 bits per heavy atom. The van der Waals surface area contributed by atoms with Crippen LogP contribution in [0.4, 0.5) is 0 Å². The Morgan fingerprint density at radius 1 is 1.17 bits per heavy atom. The van der Waals surface area contributed by atoms with Crippen LogP contribution in [0.1, 0.15) is 33.1 Å². The fourth-order valence-electron chi connectivity index (χ4n) is 2.23. The molecule has 0 radical (unpaired) electrons. The van der Waals surface area contributed by atoms with Crippen LogP contribution in [0.15, 0.2) is 47.3 Å². The largest absolute Gasteiger partial charge is 0.469 e. The molecular weight excluding hydrogens is 294 g/mol. The van der Waals surface area contributed by atoms with Crippen molar-refractivity contribution in [2.45, 2.75) is 19.8 Å². The summed E-state index contributed by atoms with van der Waals surface area (Å²) in [5, 5.41) is 5.95. The van der Waals surface area contributed by atoms with Crippen molar-refractivity contribution in [1.82, 2.24) is 15.2 Å². The van der Waals surface area contributed by atoms with E-state index in [4.69, 9.17) is 4.42 Å². The number of nitrogens with zero attached hydrogens (tertiary/aromatic N) is 2. The third-order valence-corrected chi connectivity index (χ3v) is 3.46. The number of furan rings is 1. The van der Waals surface area contributed by atoms with Crippen molar-refractivity contribution in [3.8, 4) is 0 Å². The average Bonchev–Trinajstić information content (AvgIpc) is 3.21. The van der Waals surface area contributed by atoms with E-state index in [1.165, 1.54) is 18.2 Å². The van der Waals surface area contributed by atoms with Crippen LogP contribution in [0.2, 0.25) is 0 Å². The normalized spacial score (nSPS) is 10.7. The number of hydrogen-bond donors (Lipinski definition) is 1. The highest BCUT2D eigenvalue weighted by atomic mass is 16.3. The lowest BCUT2D eigenvalue weighted by atomic mass is 10.1. The minimum absolute atomic E-state index is 0.0169. The van der Waals surface area contributed by atoms with E-state index < -0.39 is 11.6 Å². The molecule has 1 N–H and O–H groups in total. The van der Waals surface area contributed by atoms with Crippen LogP contribution in [0, 0.1) is 6.92 Å². The first-order chi connectivity index (χ1) is 11.1. The standard InChI is InChI=1S/C17H15N3O3/c1-11-2-4-12(5-3-11)6-14-7-13(9-23-14)8-15(21)16(22)17-18-10-19-20-17/h2-5,7,9-10H,6,8H2,1H3,(H,18,19,20). The maximum atomic E-state index is 11.9. The second-order valence-electron chi connectivity index (χ2n) is 5.35. The number of H-pyrrole nitrogens is 1. The van der Waals surface area contributed by atoms with Crippen LogP contribution in [0.5, 0.6) is 0 Å². The average molecular weight is 309 g/mol. The minimum atomic E-state index is -0.677. The Morgan fingerprint density at radius 2 is 1.96 bits per heavy atom. The summed E-state index contributed by atoms with van der Waals surface area (Å²) in [6, 6.07) is 9.95. The lowest BCUT2D eigenvalue weighted by molar-refractivity contribution is -0.114. The van der Waals surface area contributed by atoms with Crippen LogP contribution in [0.25, 0.3) is 0 Å². The zero-order chi connectivity index (χ0) is 16.2. The molecule has 0 unspecified atom stereocenters. The van der Waals surface area contributed by atoms with Crippen molar-refractivity contribution in [2.24, 2.45) is 0 Å². The summed E-state index contributed by atoms with van der Waals surface area (Å²) >= 11 is 0. The van der Waals surface area contributed by atoms with E-state index in [2.05, 4.69) is 15.2 Å². The predicted octanol–water partition coefficient (Wildman–Crippen LogP) is 2.29. The summed E-state index contributed by atoms with van der Waals surface area (Å²) in [6.45, 7) is 2.03. The molecule has 3 aromatic rings. The number of rotatable bonds is 6. The van der Waals surface area contributed by atoms with E-state index in [0.29, 0.717) is 12.0 Å². The molecule has 6 nitrogen and oxygen atoms in total. The predicted molar refractivity (Wildman–Crippen MR) is 82.1 cm³/mol. The van der Waals surface area contributed by atoms with Gasteiger partial charge in [0.2, 0.25) is 5.78 Å². The van der Waals surface area contributed by atoms with Crippen LogP contribution in [0.3, 0.4) is 0 Å². The topological polar surface area (TPSA) is 88.9 Å². The van der Waals surface area contributed by atoms with Gasteiger partial charge in [-0.1, -0.05) is 29.8 Å². The molecule has 0 saturated carbocycles. The van der Waals surface area contributed by atoms with Gasteiger partial charge in [0.15, 0.2) is 5.82 Å². The number of benzene rings is 1. The smallest absolute Gasteiger partial charge is 0.265 e. The van der Waals surface area contributed by atoms with Gasteiger partial charge >= 0.3 is 0 Å². The van der Waals surface area contributed by atoms with Gasteiger partial charge in [-0.15, -0.1) is 0 Å². The van der Waals surface area contributed by atoms with Crippen LogP contribution >= 0.6 is 0 Å². The number of Topliss-reactive ketones (excluding diaryl/α,β-unsaturated/α-hetero) is 2. The van der Waals surface area contributed by atoms with Gasteiger partial charge in [0.05, 0.1) is 6.26 Å². The van der Waals surface area contributed by atoms with Gasteiger partial charge in [-0.25, -0.2) is 4.98 Å². The van der Waals surface area contributed by atoms with Gasteiger partial charge in [-0.05, 0) is 24.1 Å². The molecular formula is C17H15N3O3. The number of ketones is 2. The zero-order valence-electron chi connectivity index (χ0n) is 12.6. The molecule has 0 spiro atoms. The van der Waals surface area contributed by atoms with E-state index >= 15 is 0 Å². The Balaban J connectivity index is 1.64. The molecule has 0 fully saturated rings. The number of aryl methyl sites for hydroxylation is 1. The molecule has 6 heteroatoms. The van der Waals surface area contributed by atoms with Crippen LogP contribution < -0.4 is 0 Å². The molecule has 0 aliphatic heterocycles. The highest BCUT2D eigenvalue weighted by Gasteiger charge is 2.20. The number of aromatic nitrogens is 3. The van der Waals surface area contributed by atoms with E-state index in [1.807, 2.05) is 31.2 Å². The summed E-state index contributed by atoms with van der Waals surface area (Å²) in [7, 11) is 0. The maximum absolute atomic E-state index is 11.9. The minimum Gasteiger partial charge on any atom is -0.469 e. The Kier molecular flexibility index (Phi) is 4.14. The van der Waals surface area contributed by atoms with Crippen molar-refractivity contribution in [3.05, 3.63) is 71.2 Å². The molecule has 0 aliphatic rings. The second-order valence-corrected chi connectivity index (χ2v) is 5.35. The molecule has 2 heterocycles. The lowest BCUT2D eigenvalue weighted by Crippen LogP contribution is -2.17. The van der Waals surface area contributed by atoms with Gasteiger partial charge in [0.1, 0.15) is 12.1 Å². The fourth-order valence-corrected chi connectivity index (χ4v) is 2.23. The molecule has 23 heavy (non-hydrogen) atoms. The SMILES string of the molecule is Cc1ccc(Cc2cc(CC(=O)C(=O)c3ncn[nH]3)co2)cc1. The number of hydrogen-bond acceptors (Lipinski definition) is 5.